The molecule has 0 saturated carbocycles. The molecule has 0 fully saturated rings. The second-order valence-corrected chi connectivity index (χ2v) is 5.10. The maximum absolute atomic E-state index is 11.7. The Kier molecular flexibility index (Phi) is 5.95. The van der Waals surface area contributed by atoms with Gasteiger partial charge in [0.2, 0.25) is 5.91 Å². The zero-order chi connectivity index (χ0) is 12.8. The molecule has 0 aromatic heterocycles. The lowest BCUT2D eigenvalue weighted by Crippen LogP contribution is -2.26. The zero-order valence-electron chi connectivity index (χ0n) is 9.67. The first-order valence-electron chi connectivity index (χ1n) is 5.54. The Labute approximate surface area is 115 Å². The van der Waals surface area contributed by atoms with Crippen LogP contribution in [0.4, 0.5) is 5.69 Å². The Balaban J connectivity index is 2.59. The minimum atomic E-state index is -0.0890. The van der Waals surface area contributed by atoms with Crippen LogP contribution in [0.15, 0.2) is 22.7 Å². The van der Waals surface area contributed by atoms with Gasteiger partial charge in [0.25, 0.3) is 0 Å². The van der Waals surface area contributed by atoms with Gasteiger partial charge in [-0.05, 0) is 34.5 Å². The summed E-state index contributed by atoms with van der Waals surface area (Å²) in [6, 6.07) is 5.25. The lowest BCUT2D eigenvalue weighted by atomic mass is 10.1. The van der Waals surface area contributed by atoms with Gasteiger partial charge < -0.3 is 11.1 Å². The summed E-state index contributed by atoms with van der Waals surface area (Å²) in [4.78, 5) is 11.7. The molecule has 1 aromatic carbocycles. The Hall–Kier alpha value is -0.580. The number of benzene rings is 1. The molecule has 3 N–H and O–H groups in total. The number of hydrogen-bond acceptors (Lipinski definition) is 2. The van der Waals surface area contributed by atoms with Crippen LogP contribution >= 0.6 is 27.5 Å². The fourth-order valence-electron chi connectivity index (χ4n) is 1.51. The smallest absolute Gasteiger partial charge is 0.225 e. The van der Waals surface area contributed by atoms with Crippen molar-refractivity contribution in [3.05, 3.63) is 27.7 Å². The SMILES string of the molecule is CCCC(N)CC(=O)Nc1cccc(Cl)c1Br. The summed E-state index contributed by atoms with van der Waals surface area (Å²) in [7, 11) is 0. The highest BCUT2D eigenvalue weighted by molar-refractivity contribution is 9.10. The van der Waals surface area contributed by atoms with Crippen molar-refractivity contribution in [2.24, 2.45) is 5.73 Å². The van der Waals surface area contributed by atoms with E-state index in [1.54, 1.807) is 18.2 Å². The standard InChI is InChI=1S/C12H16BrClN2O/c1-2-4-8(15)7-11(17)16-10-6-3-5-9(14)12(10)13/h3,5-6,8H,2,4,7,15H2,1H3,(H,16,17). The fourth-order valence-corrected chi connectivity index (χ4v) is 2.05. The maximum atomic E-state index is 11.7. The topological polar surface area (TPSA) is 55.1 Å². The lowest BCUT2D eigenvalue weighted by Gasteiger charge is -2.12. The van der Waals surface area contributed by atoms with Crippen LogP contribution in [0.25, 0.3) is 0 Å². The first-order valence-corrected chi connectivity index (χ1v) is 6.71. The highest BCUT2D eigenvalue weighted by Crippen LogP contribution is 2.30. The van der Waals surface area contributed by atoms with Gasteiger partial charge in [0.1, 0.15) is 0 Å². The van der Waals surface area contributed by atoms with E-state index in [0.717, 1.165) is 12.8 Å². The third kappa shape index (κ3) is 4.66. The number of carbonyl (C=O) groups is 1. The monoisotopic (exact) mass is 318 g/mol. The van der Waals surface area contributed by atoms with Crippen molar-refractivity contribution in [1.29, 1.82) is 0 Å². The van der Waals surface area contributed by atoms with Crippen LogP contribution in [-0.4, -0.2) is 11.9 Å². The van der Waals surface area contributed by atoms with Gasteiger partial charge in [-0.25, -0.2) is 0 Å². The largest absolute Gasteiger partial charge is 0.327 e. The molecule has 94 valence electrons. The first-order chi connectivity index (χ1) is 8.04. The summed E-state index contributed by atoms with van der Waals surface area (Å²) < 4.78 is 0.694. The number of rotatable bonds is 5. The summed E-state index contributed by atoms with van der Waals surface area (Å²) in [6.45, 7) is 2.05. The normalized spacial score (nSPS) is 12.2. The molecule has 0 spiro atoms. The van der Waals surface area contributed by atoms with Gasteiger partial charge in [-0.3, -0.25) is 4.79 Å². The quantitative estimate of drug-likeness (QED) is 0.872. The molecule has 3 nitrogen and oxygen atoms in total. The summed E-state index contributed by atoms with van der Waals surface area (Å²) >= 11 is 9.26. The number of carbonyl (C=O) groups excluding carboxylic acids is 1. The van der Waals surface area contributed by atoms with E-state index < -0.39 is 0 Å². The minimum Gasteiger partial charge on any atom is -0.327 e. The Morgan fingerprint density at radius 2 is 2.29 bits per heavy atom. The second-order valence-electron chi connectivity index (χ2n) is 3.90. The van der Waals surface area contributed by atoms with Crippen LogP contribution in [0.1, 0.15) is 26.2 Å². The highest BCUT2D eigenvalue weighted by atomic mass is 79.9. The van der Waals surface area contributed by atoms with Crippen LogP contribution in [0.3, 0.4) is 0 Å². The van der Waals surface area contributed by atoms with Crippen molar-refractivity contribution in [3.8, 4) is 0 Å². The number of nitrogens with one attached hydrogen (secondary N) is 1. The summed E-state index contributed by atoms with van der Waals surface area (Å²) in [6.07, 6.45) is 2.16. The van der Waals surface area contributed by atoms with Crippen molar-refractivity contribution in [2.45, 2.75) is 32.2 Å². The van der Waals surface area contributed by atoms with E-state index in [-0.39, 0.29) is 11.9 Å². The number of hydrogen-bond donors (Lipinski definition) is 2. The zero-order valence-corrected chi connectivity index (χ0v) is 12.0. The van der Waals surface area contributed by atoms with Gasteiger partial charge in [-0.2, -0.15) is 0 Å². The van der Waals surface area contributed by atoms with Crippen LogP contribution in [-0.2, 0) is 4.79 Å². The molecule has 0 aliphatic rings. The summed E-state index contributed by atoms with van der Waals surface area (Å²) in [5.41, 5.74) is 6.48. The number of halogens is 2. The van der Waals surface area contributed by atoms with E-state index in [0.29, 0.717) is 21.6 Å². The third-order valence-corrected chi connectivity index (χ3v) is 3.73. The number of amides is 1. The van der Waals surface area contributed by atoms with Gasteiger partial charge in [0, 0.05) is 12.5 Å². The first kappa shape index (κ1) is 14.5. The van der Waals surface area contributed by atoms with Gasteiger partial charge in [0.05, 0.1) is 15.2 Å². The van der Waals surface area contributed by atoms with E-state index in [4.69, 9.17) is 17.3 Å². The molecule has 5 heteroatoms. The average molecular weight is 320 g/mol. The lowest BCUT2D eigenvalue weighted by molar-refractivity contribution is -0.116. The highest BCUT2D eigenvalue weighted by Gasteiger charge is 2.11. The van der Waals surface area contributed by atoms with Crippen LogP contribution < -0.4 is 11.1 Å². The molecule has 1 rings (SSSR count). The van der Waals surface area contributed by atoms with E-state index in [2.05, 4.69) is 21.2 Å². The average Bonchev–Trinajstić information content (AvgIpc) is 2.25. The van der Waals surface area contributed by atoms with Crippen LogP contribution in [0.2, 0.25) is 5.02 Å². The van der Waals surface area contributed by atoms with Crippen molar-refractivity contribution in [2.75, 3.05) is 5.32 Å². The third-order valence-electron chi connectivity index (χ3n) is 2.33. The maximum Gasteiger partial charge on any atom is 0.225 e. The number of nitrogens with two attached hydrogens (primary N) is 1. The predicted octanol–water partition coefficient (Wildman–Crippen LogP) is 3.56. The molecule has 0 bridgehead atoms. The van der Waals surface area contributed by atoms with Gasteiger partial charge in [-0.15, -0.1) is 0 Å². The van der Waals surface area contributed by atoms with E-state index >= 15 is 0 Å². The van der Waals surface area contributed by atoms with Gasteiger partial charge >= 0.3 is 0 Å². The molecule has 0 radical (unpaired) electrons. The minimum absolute atomic E-state index is 0.0852. The Bertz CT molecular complexity index is 398. The van der Waals surface area contributed by atoms with Gasteiger partial charge in [0.15, 0.2) is 0 Å². The van der Waals surface area contributed by atoms with E-state index in [1.807, 2.05) is 6.92 Å². The van der Waals surface area contributed by atoms with Crippen molar-refractivity contribution in [3.63, 3.8) is 0 Å². The Morgan fingerprint density at radius 1 is 1.59 bits per heavy atom. The van der Waals surface area contributed by atoms with Crippen molar-refractivity contribution >= 4 is 39.1 Å². The molecule has 0 aliphatic carbocycles. The molecule has 0 aliphatic heterocycles. The summed E-state index contributed by atoms with van der Waals surface area (Å²) in [5, 5.41) is 3.36. The second kappa shape index (κ2) is 6.99. The fraction of sp³-hybridized carbons (Fsp3) is 0.417. The molecule has 1 amide bonds. The van der Waals surface area contributed by atoms with Crippen LogP contribution in [0.5, 0.6) is 0 Å². The molecule has 0 saturated heterocycles. The number of anilines is 1. The van der Waals surface area contributed by atoms with E-state index in [1.165, 1.54) is 0 Å². The van der Waals surface area contributed by atoms with Crippen LogP contribution in [0, 0.1) is 0 Å². The molecule has 1 atom stereocenters. The molecule has 1 aromatic rings. The molecule has 1 unspecified atom stereocenters. The molecular weight excluding hydrogens is 304 g/mol. The molecule has 17 heavy (non-hydrogen) atoms. The van der Waals surface area contributed by atoms with Crippen molar-refractivity contribution in [1.82, 2.24) is 0 Å². The Morgan fingerprint density at radius 3 is 2.94 bits per heavy atom. The molecule has 0 heterocycles. The van der Waals surface area contributed by atoms with Gasteiger partial charge in [-0.1, -0.05) is 31.0 Å². The van der Waals surface area contributed by atoms with Crippen molar-refractivity contribution < 1.29 is 4.79 Å². The van der Waals surface area contributed by atoms with E-state index in [9.17, 15) is 4.79 Å². The predicted molar refractivity (Wildman–Crippen MR) is 75.3 cm³/mol. The summed E-state index contributed by atoms with van der Waals surface area (Å²) in [5.74, 6) is -0.0890. The molecular formula is C12H16BrClN2O.